The van der Waals surface area contributed by atoms with E-state index in [4.69, 9.17) is 4.42 Å². The van der Waals surface area contributed by atoms with Crippen molar-refractivity contribution in [2.24, 2.45) is 4.99 Å². The number of nitrogens with zero attached hydrogens (tertiary/aromatic N) is 2. The molecule has 0 radical (unpaired) electrons. The fraction of sp³-hybridized carbons (Fsp3) is 0.0769. The number of aryl methyl sites for hydroxylation is 1. The number of allylic oxidation sites excluding steroid dienone is 1. The van der Waals surface area contributed by atoms with Crippen LogP contribution in [-0.4, -0.2) is 11.2 Å². The molecule has 0 aromatic carbocycles. The van der Waals surface area contributed by atoms with E-state index in [1.807, 2.05) is 49.4 Å². The number of aromatic nitrogens is 1. The van der Waals surface area contributed by atoms with E-state index in [-0.39, 0.29) is 0 Å². The summed E-state index contributed by atoms with van der Waals surface area (Å²) in [6.07, 6.45) is 7.01. The Morgan fingerprint density at radius 3 is 2.94 bits per heavy atom. The zero-order chi connectivity index (χ0) is 11.2. The third kappa shape index (κ3) is 2.92. The highest BCUT2D eigenvalue weighted by Gasteiger charge is 1.88. The van der Waals surface area contributed by atoms with E-state index in [0.29, 0.717) is 5.82 Å². The number of rotatable bonds is 3. The molecule has 0 amide bonds. The van der Waals surface area contributed by atoms with Crippen molar-refractivity contribution in [3.8, 4) is 0 Å². The maximum Gasteiger partial charge on any atom is 0.152 e. The Hall–Kier alpha value is -2.16. The maximum atomic E-state index is 5.14. The average molecular weight is 212 g/mol. The smallest absolute Gasteiger partial charge is 0.152 e. The lowest BCUT2D eigenvalue weighted by molar-refractivity contribution is 0.557. The molecule has 2 heterocycles. The van der Waals surface area contributed by atoms with Gasteiger partial charge in [0.05, 0.1) is 6.26 Å². The van der Waals surface area contributed by atoms with Gasteiger partial charge < -0.3 is 4.42 Å². The summed E-state index contributed by atoms with van der Waals surface area (Å²) in [5.74, 6) is 1.52. The predicted octanol–water partition coefficient (Wildman–Crippen LogP) is 3.40. The molecule has 0 saturated heterocycles. The first-order chi connectivity index (χ1) is 7.84. The molecule has 0 N–H and O–H groups in total. The zero-order valence-corrected chi connectivity index (χ0v) is 9.00. The highest BCUT2D eigenvalue weighted by Crippen LogP contribution is 2.07. The van der Waals surface area contributed by atoms with Gasteiger partial charge in [0.15, 0.2) is 5.82 Å². The van der Waals surface area contributed by atoms with E-state index < -0.39 is 0 Å². The molecular formula is C13H12N2O. The molecule has 3 heteroatoms. The Morgan fingerprint density at radius 2 is 2.19 bits per heavy atom. The first kappa shape index (κ1) is 10.4. The molecule has 0 spiro atoms. The lowest BCUT2D eigenvalue weighted by Crippen LogP contribution is -1.78. The van der Waals surface area contributed by atoms with Crippen molar-refractivity contribution in [1.29, 1.82) is 0 Å². The molecule has 0 atom stereocenters. The maximum absolute atomic E-state index is 5.14. The van der Waals surface area contributed by atoms with Crippen molar-refractivity contribution >= 4 is 18.1 Å². The lowest BCUT2D eigenvalue weighted by atomic mass is 10.4. The second-order valence-corrected chi connectivity index (χ2v) is 3.29. The minimum atomic E-state index is 0.712. The van der Waals surface area contributed by atoms with Crippen LogP contribution in [0.4, 0.5) is 5.82 Å². The molecule has 0 bridgehead atoms. The van der Waals surface area contributed by atoms with Crippen LogP contribution in [0.15, 0.2) is 52.1 Å². The number of hydrogen-bond acceptors (Lipinski definition) is 3. The second kappa shape index (κ2) is 5.07. The lowest BCUT2D eigenvalue weighted by Gasteiger charge is -1.92. The monoisotopic (exact) mass is 212 g/mol. The van der Waals surface area contributed by atoms with Crippen LogP contribution in [0.1, 0.15) is 11.5 Å². The number of furan rings is 1. The number of pyridine rings is 1. The third-order valence-corrected chi connectivity index (χ3v) is 1.97. The van der Waals surface area contributed by atoms with E-state index >= 15 is 0 Å². The first-order valence-corrected chi connectivity index (χ1v) is 5.02. The molecule has 0 saturated carbocycles. The zero-order valence-electron chi connectivity index (χ0n) is 9.00. The summed E-state index contributed by atoms with van der Waals surface area (Å²) >= 11 is 0. The molecule has 16 heavy (non-hydrogen) atoms. The molecule has 0 aliphatic carbocycles. The molecular weight excluding hydrogens is 200 g/mol. The molecule has 0 fully saturated rings. The van der Waals surface area contributed by atoms with Crippen molar-refractivity contribution in [2.75, 3.05) is 0 Å². The summed E-state index contributed by atoms with van der Waals surface area (Å²) in [7, 11) is 0. The Kier molecular flexibility index (Phi) is 3.28. The minimum Gasteiger partial charge on any atom is -0.465 e. The largest absolute Gasteiger partial charge is 0.465 e. The Balaban J connectivity index is 2.00. The van der Waals surface area contributed by atoms with Gasteiger partial charge in [-0.3, -0.25) is 0 Å². The van der Waals surface area contributed by atoms with Crippen molar-refractivity contribution in [2.45, 2.75) is 6.92 Å². The van der Waals surface area contributed by atoms with Gasteiger partial charge >= 0.3 is 0 Å². The summed E-state index contributed by atoms with van der Waals surface area (Å²) < 4.78 is 5.14. The van der Waals surface area contributed by atoms with E-state index in [2.05, 4.69) is 9.98 Å². The summed E-state index contributed by atoms with van der Waals surface area (Å²) in [5, 5.41) is 0. The highest BCUT2D eigenvalue weighted by molar-refractivity contribution is 5.79. The standard InChI is InChI=1S/C13H12N2O/c1-11-5-2-8-13(15-11)14-9-3-6-12-7-4-10-16-12/h2-10H,1H3/b6-3+,14-9+. The SMILES string of the molecule is Cc1cccc(/N=C/C=C/c2ccco2)n1. The van der Waals surface area contributed by atoms with Crippen LogP contribution in [-0.2, 0) is 0 Å². The second-order valence-electron chi connectivity index (χ2n) is 3.29. The Labute approximate surface area is 94.2 Å². The van der Waals surface area contributed by atoms with Crippen molar-refractivity contribution in [3.63, 3.8) is 0 Å². The average Bonchev–Trinajstić information content (AvgIpc) is 2.77. The van der Waals surface area contributed by atoms with Gasteiger partial charge in [-0.1, -0.05) is 6.07 Å². The molecule has 3 nitrogen and oxygen atoms in total. The molecule has 2 aromatic heterocycles. The van der Waals surface area contributed by atoms with Crippen LogP contribution in [0.5, 0.6) is 0 Å². The molecule has 2 rings (SSSR count). The van der Waals surface area contributed by atoms with E-state index in [9.17, 15) is 0 Å². The summed E-state index contributed by atoms with van der Waals surface area (Å²) in [6.45, 7) is 1.94. The fourth-order valence-electron chi connectivity index (χ4n) is 1.24. The van der Waals surface area contributed by atoms with E-state index in [1.165, 1.54) is 0 Å². The van der Waals surface area contributed by atoms with Crippen LogP contribution in [0.3, 0.4) is 0 Å². The van der Waals surface area contributed by atoms with Crippen molar-refractivity contribution in [3.05, 3.63) is 54.1 Å². The fourth-order valence-corrected chi connectivity index (χ4v) is 1.24. The van der Waals surface area contributed by atoms with Crippen LogP contribution in [0.25, 0.3) is 6.08 Å². The summed E-state index contributed by atoms with van der Waals surface area (Å²) in [5.41, 5.74) is 0.963. The molecule has 0 aliphatic rings. The predicted molar refractivity (Wildman–Crippen MR) is 64.9 cm³/mol. The van der Waals surface area contributed by atoms with Gasteiger partial charge in [-0.05, 0) is 43.3 Å². The van der Waals surface area contributed by atoms with Gasteiger partial charge in [-0.15, -0.1) is 0 Å². The van der Waals surface area contributed by atoms with Crippen LogP contribution < -0.4 is 0 Å². The summed E-state index contributed by atoms with van der Waals surface area (Å²) in [4.78, 5) is 8.45. The van der Waals surface area contributed by atoms with Gasteiger partial charge in [0, 0.05) is 11.9 Å². The highest BCUT2D eigenvalue weighted by atomic mass is 16.3. The molecule has 2 aromatic rings. The first-order valence-electron chi connectivity index (χ1n) is 5.02. The molecule has 0 aliphatic heterocycles. The minimum absolute atomic E-state index is 0.712. The van der Waals surface area contributed by atoms with Gasteiger partial charge in [0.25, 0.3) is 0 Å². The number of hydrogen-bond donors (Lipinski definition) is 0. The van der Waals surface area contributed by atoms with E-state index in [0.717, 1.165) is 11.5 Å². The Morgan fingerprint density at radius 1 is 1.25 bits per heavy atom. The van der Waals surface area contributed by atoms with E-state index in [1.54, 1.807) is 12.5 Å². The normalized spacial score (nSPS) is 11.6. The van der Waals surface area contributed by atoms with Gasteiger partial charge in [-0.2, -0.15) is 0 Å². The quantitative estimate of drug-likeness (QED) is 0.731. The van der Waals surface area contributed by atoms with Crippen LogP contribution in [0.2, 0.25) is 0 Å². The third-order valence-electron chi connectivity index (χ3n) is 1.97. The summed E-state index contributed by atoms with van der Waals surface area (Å²) in [6, 6.07) is 9.47. The van der Waals surface area contributed by atoms with Crippen molar-refractivity contribution in [1.82, 2.24) is 4.98 Å². The number of aliphatic imine (C=N–C) groups is 1. The van der Waals surface area contributed by atoms with Crippen LogP contribution >= 0.6 is 0 Å². The van der Waals surface area contributed by atoms with Gasteiger partial charge in [-0.25, -0.2) is 9.98 Å². The van der Waals surface area contributed by atoms with Gasteiger partial charge in [0.1, 0.15) is 5.76 Å². The Bertz CT molecular complexity index is 498. The topological polar surface area (TPSA) is 38.4 Å². The van der Waals surface area contributed by atoms with Crippen LogP contribution in [0, 0.1) is 6.92 Å². The molecule has 0 unspecified atom stereocenters. The van der Waals surface area contributed by atoms with Gasteiger partial charge in [0.2, 0.25) is 0 Å². The molecule has 80 valence electrons. The van der Waals surface area contributed by atoms with Crippen molar-refractivity contribution < 1.29 is 4.42 Å².